The molecule has 104 valence electrons. The van der Waals surface area contributed by atoms with Crippen molar-refractivity contribution in [1.29, 1.82) is 0 Å². The molecule has 1 fully saturated rings. The van der Waals surface area contributed by atoms with Crippen LogP contribution in [-0.4, -0.2) is 31.9 Å². The van der Waals surface area contributed by atoms with Crippen LogP contribution < -0.4 is 10.6 Å². The van der Waals surface area contributed by atoms with Gasteiger partial charge in [-0.3, -0.25) is 0 Å². The SMILES string of the molecule is CC.CNC(C1NCC(C)CC1C)C(F)(F)F. The zero-order valence-corrected chi connectivity index (χ0v) is 11.4. The van der Waals surface area contributed by atoms with Crippen LogP contribution in [0.15, 0.2) is 0 Å². The highest BCUT2D eigenvalue weighted by Crippen LogP contribution is 2.30. The Bertz CT molecular complexity index is 206. The molecule has 2 N–H and O–H groups in total. The molecule has 0 aromatic rings. The van der Waals surface area contributed by atoms with Gasteiger partial charge in [-0.25, -0.2) is 0 Å². The van der Waals surface area contributed by atoms with Gasteiger partial charge in [0.25, 0.3) is 0 Å². The van der Waals surface area contributed by atoms with E-state index in [1.54, 1.807) is 0 Å². The molecule has 1 rings (SSSR count). The summed E-state index contributed by atoms with van der Waals surface area (Å²) in [5, 5.41) is 5.36. The summed E-state index contributed by atoms with van der Waals surface area (Å²) in [6, 6.07) is -1.95. The summed E-state index contributed by atoms with van der Waals surface area (Å²) < 4.78 is 38.0. The van der Waals surface area contributed by atoms with Crippen molar-refractivity contribution in [2.45, 2.75) is 52.4 Å². The van der Waals surface area contributed by atoms with Gasteiger partial charge in [0.2, 0.25) is 0 Å². The zero-order chi connectivity index (χ0) is 13.6. The first-order valence-electron chi connectivity index (χ1n) is 6.33. The summed E-state index contributed by atoms with van der Waals surface area (Å²) in [7, 11) is 1.37. The molecule has 0 aromatic carbocycles. The Hall–Kier alpha value is -0.290. The number of hydrogen-bond acceptors (Lipinski definition) is 2. The Kier molecular flexibility index (Phi) is 7.09. The first-order valence-corrected chi connectivity index (χ1v) is 6.33. The van der Waals surface area contributed by atoms with Gasteiger partial charge in [-0.1, -0.05) is 27.7 Å². The topological polar surface area (TPSA) is 24.1 Å². The van der Waals surface area contributed by atoms with E-state index in [0.29, 0.717) is 12.5 Å². The molecule has 0 aromatic heterocycles. The molecule has 0 aliphatic carbocycles. The smallest absolute Gasteiger partial charge is 0.312 e. The van der Waals surface area contributed by atoms with Crippen molar-refractivity contribution < 1.29 is 13.2 Å². The zero-order valence-electron chi connectivity index (χ0n) is 11.4. The van der Waals surface area contributed by atoms with E-state index in [0.717, 1.165) is 6.42 Å². The van der Waals surface area contributed by atoms with E-state index in [1.165, 1.54) is 7.05 Å². The lowest BCUT2D eigenvalue weighted by molar-refractivity contribution is -0.166. The van der Waals surface area contributed by atoms with Gasteiger partial charge in [0.1, 0.15) is 6.04 Å². The third kappa shape index (κ3) is 4.84. The van der Waals surface area contributed by atoms with E-state index >= 15 is 0 Å². The van der Waals surface area contributed by atoms with E-state index in [9.17, 15) is 13.2 Å². The van der Waals surface area contributed by atoms with Crippen molar-refractivity contribution in [3.8, 4) is 0 Å². The lowest BCUT2D eigenvalue weighted by Gasteiger charge is -2.39. The van der Waals surface area contributed by atoms with Crippen LogP contribution in [0.3, 0.4) is 0 Å². The minimum atomic E-state index is -4.18. The van der Waals surface area contributed by atoms with Crippen LogP contribution in [0, 0.1) is 11.8 Å². The van der Waals surface area contributed by atoms with E-state index < -0.39 is 18.3 Å². The van der Waals surface area contributed by atoms with Gasteiger partial charge in [-0.05, 0) is 31.8 Å². The van der Waals surface area contributed by atoms with Crippen molar-refractivity contribution >= 4 is 0 Å². The molecular formula is C12H25F3N2. The van der Waals surface area contributed by atoms with Gasteiger partial charge >= 0.3 is 6.18 Å². The Balaban J connectivity index is 0.00000121. The minimum Gasteiger partial charge on any atom is -0.312 e. The lowest BCUT2D eigenvalue weighted by Crippen LogP contribution is -2.60. The summed E-state index contributed by atoms with van der Waals surface area (Å²) in [6.07, 6.45) is -3.33. The van der Waals surface area contributed by atoms with E-state index in [2.05, 4.69) is 17.6 Å². The predicted octanol–water partition coefficient (Wildman–Crippen LogP) is 2.80. The summed E-state index contributed by atoms with van der Waals surface area (Å²) >= 11 is 0. The largest absolute Gasteiger partial charge is 0.405 e. The predicted molar refractivity (Wildman–Crippen MR) is 65.0 cm³/mol. The molecule has 0 saturated carbocycles. The number of nitrogens with one attached hydrogen (secondary N) is 2. The molecule has 0 amide bonds. The molecule has 1 aliphatic rings. The molecule has 4 atom stereocenters. The fourth-order valence-electron chi connectivity index (χ4n) is 2.40. The third-order valence-electron chi connectivity index (χ3n) is 3.11. The number of alkyl halides is 3. The molecule has 0 spiro atoms. The van der Waals surface area contributed by atoms with Crippen LogP contribution in [0.1, 0.15) is 34.1 Å². The van der Waals surface area contributed by atoms with Crippen LogP contribution in [0.25, 0.3) is 0 Å². The van der Waals surface area contributed by atoms with Crippen molar-refractivity contribution in [2.24, 2.45) is 11.8 Å². The second-order valence-electron chi connectivity index (χ2n) is 4.56. The molecule has 17 heavy (non-hydrogen) atoms. The molecule has 0 bridgehead atoms. The van der Waals surface area contributed by atoms with Gasteiger partial charge in [0, 0.05) is 6.04 Å². The second-order valence-corrected chi connectivity index (χ2v) is 4.56. The molecule has 4 unspecified atom stereocenters. The Morgan fingerprint density at radius 2 is 1.76 bits per heavy atom. The molecule has 1 aliphatic heterocycles. The fraction of sp³-hybridized carbons (Fsp3) is 1.00. The summed E-state index contributed by atoms with van der Waals surface area (Å²) in [4.78, 5) is 0. The van der Waals surface area contributed by atoms with E-state index in [-0.39, 0.29) is 5.92 Å². The summed E-state index contributed by atoms with van der Waals surface area (Å²) in [5.41, 5.74) is 0. The monoisotopic (exact) mass is 254 g/mol. The number of piperidine rings is 1. The minimum absolute atomic E-state index is 0.0489. The average Bonchev–Trinajstić information content (AvgIpc) is 2.23. The highest BCUT2D eigenvalue weighted by Gasteiger charge is 2.46. The van der Waals surface area contributed by atoms with Crippen molar-refractivity contribution in [1.82, 2.24) is 10.6 Å². The Labute approximate surface area is 102 Å². The van der Waals surface area contributed by atoms with Crippen LogP contribution >= 0.6 is 0 Å². The fourth-order valence-corrected chi connectivity index (χ4v) is 2.40. The molecule has 2 nitrogen and oxygen atoms in total. The number of hydrogen-bond donors (Lipinski definition) is 2. The van der Waals surface area contributed by atoms with Gasteiger partial charge in [0.05, 0.1) is 0 Å². The number of rotatable bonds is 2. The average molecular weight is 254 g/mol. The first kappa shape index (κ1) is 16.7. The lowest BCUT2D eigenvalue weighted by atomic mass is 9.83. The Morgan fingerprint density at radius 1 is 1.24 bits per heavy atom. The first-order chi connectivity index (χ1) is 7.86. The van der Waals surface area contributed by atoms with Gasteiger partial charge in [0.15, 0.2) is 0 Å². The summed E-state index contributed by atoms with van der Waals surface area (Å²) in [6.45, 7) is 8.61. The molecule has 1 saturated heterocycles. The van der Waals surface area contributed by atoms with Crippen LogP contribution in [-0.2, 0) is 0 Å². The van der Waals surface area contributed by atoms with E-state index in [4.69, 9.17) is 0 Å². The summed E-state index contributed by atoms with van der Waals surface area (Å²) in [5.74, 6) is 0.509. The maximum Gasteiger partial charge on any atom is 0.405 e. The van der Waals surface area contributed by atoms with Crippen LogP contribution in [0.5, 0.6) is 0 Å². The maximum absolute atomic E-state index is 12.7. The molecule has 0 radical (unpaired) electrons. The quantitative estimate of drug-likeness (QED) is 0.792. The number of halogens is 3. The normalized spacial score (nSPS) is 31.4. The van der Waals surface area contributed by atoms with Crippen LogP contribution in [0.2, 0.25) is 0 Å². The maximum atomic E-state index is 12.7. The van der Waals surface area contributed by atoms with Crippen LogP contribution in [0.4, 0.5) is 13.2 Å². The number of likely N-dealkylation sites (N-methyl/N-ethyl adjacent to an activating group) is 1. The second kappa shape index (κ2) is 7.21. The standard InChI is InChI=1S/C10H19F3N2.C2H6/c1-6-4-7(2)8(15-5-6)9(14-3)10(11,12)13;1-2/h6-9,14-15H,4-5H2,1-3H3;1-2H3. The van der Waals surface area contributed by atoms with Gasteiger partial charge in [-0.2, -0.15) is 13.2 Å². The van der Waals surface area contributed by atoms with Crippen molar-refractivity contribution in [3.63, 3.8) is 0 Å². The third-order valence-corrected chi connectivity index (χ3v) is 3.11. The molecule has 1 heterocycles. The molecule has 5 heteroatoms. The van der Waals surface area contributed by atoms with Gasteiger partial charge in [-0.15, -0.1) is 0 Å². The van der Waals surface area contributed by atoms with Gasteiger partial charge < -0.3 is 10.6 Å². The highest BCUT2D eigenvalue weighted by atomic mass is 19.4. The Morgan fingerprint density at radius 3 is 2.12 bits per heavy atom. The van der Waals surface area contributed by atoms with Crippen molar-refractivity contribution in [2.75, 3.05) is 13.6 Å². The van der Waals surface area contributed by atoms with E-state index in [1.807, 2.05) is 20.8 Å². The highest BCUT2D eigenvalue weighted by molar-refractivity contribution is 4.93. The van der Waals surface area contributed by atoms with Crippen molar-refractivity contribution in [3.05, 3.63) is 0 Å². The molecular weight excluding hydrogens is 229 g/mol.